The second kappa shape index (κ2) is 11.0. The first kappa shape index (κ1) is 27.1. The van der Waals surface area contributed by atoms with Crippen molar-refractivity contribution in [3.63, 3.8) is 0 Å². The molecule has 1 fully saturated rings. The molecule has 0 radical (unpaired) electrons. The van der Waals surface area contributed by atoms with Gasteiger partial charge in [-0.05, 0) is 81.1 Å². The minimum Gasteiger partial charge on any atom is -0.348 e. The van der Waals surface area contributed by atoms with Crippen LogP contribution in [0.15, 0.2) is 53.4 Å². The summed E-state index contributed by atoms with van der Waals surface area (Å²) in [6.07, 6.45) is -2.88. The molecule has 1 aliphatic heterocycles. The van der Waals surface area contributed by atoms with Crippen LogP contribution in [-0.2, 0) is 21.0 Å². The summed E-state index contributed by atoms with van der Waals surface area (Å²) in [4.78, 5) is 12.9. The molecule has 1 amide bonds. The maximum absolute atomic E-state index is 13.3. The fourth-order valence-electron chi connectivity index (χ4n) is 4.16. The molecule has 2 atom stereocenters. The number of nitrogens with zero attached hydrogens (tertiary/aromatic N) is 1. The molecule has 0 saturated carbocycles. The van der Waals surface area contributed by atoms with Crippen LogP contribution < -0.4 is 10.6 Å². The average molecular weight is 516 g/mol. The summed E-state index contributed by atoms with van der Waals surface area (Å²) in [5, 5.41) is 6.09. The van der Waals surface area contributed by atoms with E-state index in [2.05, 4.69) is 10.6 Å². The molecular weight excluding hydrogens is 486 g/mol. The summed E-state index contributed by atoms with van der Waals surface area (Å²) in [5.74, 6) is -1.25. The summed E-state index contributed by atoms with van der Waals surface area (Å²) in [6, 6.07) is 7.80. The maximum Gasteiger partial charge on any atom is 0.416 e. The molecule has 2 N–H and O–H groups in total. The zero-order valence-electron chi connectivity index (χ0n) is 19.5. The average Bonchev–Trinajstić information content (AvgIpc) is 2.81. The molecule has 2 aromatic carbocycles. The lowest BCUT2D eigenvalue weighted by atomic mass is 9.87. The van der Waals surface area contributed by atoms with Crippen molar-refractivity contribution in [3.05, 3.63) is 65.5 Å². The Balaban J connectivity index is 1.83. The molecule has 11 heteroatoms. The molecule has 3 rings (SSSR count). The second-order valence-electron chi connectivity index (χ2n) is 8.87. The molecule has 1 aliphatic rings. The van der Waals surface area contributed by atoms with Crippen LogP contribution in [0.1, 0.15) is 43.9 Å². The summed E-state index contributed by atoms with van der Waals surface area (Å²) in [7, 11) is -4.09. The van der Waals surface area contributed by atoms with Gasteiger partial charge in [-0.2, -0.15) is 17.5 Å². The summed E-state index contributed by atoms with van der Waals surface area (Å²) in [5.41, 5.74) is -0.276. The molecule has 1 heterocycles. The molecule has 192 valence electrons. The van der Waals surface area contributed by atoms with Gasteiger partial charge in [-0.3, -0.25) is 4.79 Å². The zero-order chi connectivity index (χ0) is 25.8. The van der Waals surface area contributed by atoms with E-state index in [-0.39, 0.29) is 10.8 Å². The van der Waals surface area contributed by atoms with Gasteiger partial charge < -0.3 is 10.6 Å². The van der Waals surface area contributed by atoms with Crippen molar-refractivity contribution < 1.29 is 30.8 Å². The van der Waals surface area contributed by atoms with Gasteiger partial charge in [0.05, 0.1) is 23.0 Å². The predicted molar refractivity (Wildman–Crippen MR) is 123 cm³/mol. The number of carbonyl (C=O) groups excluding carboxylic acids is 1. The number of nitrogens with one attached hydrogen (secondary N) is 2. The van der Waals surface area contributed by atoms with Crippen LogP contribution >= 0.6 is 0 Å². The van der Waals surface area contributed by atoms with E-state index in [1.165, 1.54) is 12.1 Å². The van der Waals surface area contributed by atoms with Gasteiger partial charge in [0, 0.05) is 12.6 Å². The Kier molecular flexibility index (Phi) is 8.55. The lowest BCUT2D eigenvalue weighted by molar-refractivity contribution is -0.137. The van der Waals surface area contributed by atoms with Crippen LogP contribution in [0.3, 0.4) is 0 Å². The molecule has 0 aromatic heterocycles. The van der Waals surface area contributed by atoms with Crippen molar-refractivity contribution >= 4 is 15.9 Å². The first-order chi connectivity index (χ1) is 16.4. The maximum atomic E-state index is 13.3. The van der Waals surface area contributed by atoms with Gasteiger partial charge in [-0.15, -0.1) is 0 Å². The minimum atomic E-state index is -4.48. The Morgan fingerprint density at radius 3 is 2.26 bits per heavy atom. The summed E-state index contributed by atoms with van der Waals surface area (Å²) in [6.45, 7) is 4.11. The number of carbonyl (C=O) groups is 1. The first-order valence-electron chi connectivity index (χ1n) is 11.3. The number of rotatable bonds is 8. The molecular formula is C24H29F4N3O3S. The predicted octanol–water partition coefficient (Wildman–Crippen LogP) is 4.10. The van der Waals surface area contributed by atoms with Gasteiger partial charge in [0.1, 0.15) is 5.82 Å². The Bertz CT molecular complexity index is 1100. The lowest BCUT2D eigenvalue weighted by Crippen LogP contribution is -2.47. The van der Waals surface area contributed by atoms with E-state index in [9.17, 15) is 30.8 Å². The molecule has 6 nitrogen and oxygen atoms in total. The number of benzene rings is 2. The molecule has 1 saturated heterocycles. The van der Waals surface area contributed by atoms with Crippen LogP contribution in [-0.4, -0.2) is 44.3 Å². The Morgan fingerprint density at radius 2 is 1.74 bits per heavy atom. The van der Waals surface area contributed by atoms with E-state index in [1.807, 2.05) is 0 Å². The SMILES string of the molecule is CC(C)N(CC(=O)N[C@H](c1ccc(C(F)(F)F)cc1)C1CCCNC1)S(=O)(=O)c1ccc(F)cc1. The molecule has 1 unspecified atom stereocenters. The highest BCUT2D eigenvalue weighted by Crippen LogP contribution is 2.32. The fourth-order valence-corrected chi connectivity index (χ4v) is 5.76. The van der Waals surface area contributed by atoms with E-state index in [1.54, 1.807) is 13.8 Å². The number of halogens is 4. The van der Waals surface area contributed by atoms with Gasteiger partial charge >= 0.3 is 6.18 Å². The highest BCUT2D eigenvalue weighted by atomic mass is 32.2. The van der Waals surface area contributed by atoms with Crippen LogP contribution in [0.5, 0.6) is 0 Å². The Hall–Kier alpha value is -2.50. The van der Waals surface area contributed by atoms with Crippen molar-refractivity contribution in [1.82, 2.24) is 14.9 Å². The van der Waals surface area contributed by atoms with E-state index in [0.29, 0.717) is 12.1 Å². The molecule has 0 bridgehead atoms. The number of alkyl halides is 3. The third-order valence-corrected chi connectivity index (χ3v) is 8.05. The van der Waals surface area contributed by atoms with Crippen LogP contribution in [0.2, 0.25) is 0 Å². The highest BCUT2D eigenvalue weighted by molar-refractivity contribution is 7.89. The lowest BCUT2D eigenvalue weighted by Gasteiger charge is -2.33. The van der Waals surface area contributed by atoms with Gasteiger partial charge in [-0.1, -0.05) is 12.1 Å². The second-order valence-corrected chi connectivity index (χ2v) is 10.8. The van der Waals surface area contributed by atoms with Crippen molar-refractivity contribution in [2.45, 2.75) is 49.8 Å². The first-order valence-corrected chi connectivity index (χ1v) is 12.8. The number of amides is 1. The third kappa shape index (κ3) is 6.80. The quantitative estimate of drug-likeness (QED) is 0.519. The Morgan fingerprint density at radius 1 is 1.11 bits per heavy atom. The van der Waals surface area contributed by atoms with Crippen LogP contribution in [0.25, 0.3) is 0 Å². The normalized spacial score (nSPS) is 18.0. The highest BCUT2D eigenvalue weighted by Gasteiger charge is 2.33. The van der Waals surface area contributed by atoms with E-state index >= 15 is 0 Å². The van der Waals surface area contributed by atoms with Crippen molar-refractivity contribution in [3.8, 4) is 0 Å². The van der Waals surface area contributed by atoms with Gasteiger partial charge in [0.2, 0.25) is 15.9 Å². The van der Waals surface area contributed by atoms with Crippen LogP contribution in [0.4, 0.5) is 17.6 Å². The fraction of sp³-hybridized carbons (Fsp3) is 0.458. The minimum absolute atomic E-state index is 0.0781. The van der Waals surface area contributed by atoms with E-state index in [4.69, 9.17) is 0 Å². The largest absolute Gasteiger partial charge is 0.416 e. The van der Waals surface area contributed by atoms with Gasteiger partial charge in [0.25, 0.3) is 0 Å². The number of sulfonamides is 1. The van der Waals surface area contributed by atoms with Gasteiger partial charge in [0.15, 0.2) is 0 Å². The number of piperidine rings is 1. The Labute approximate surface area is 202 Å². The van der Waals surface area contributed by atoms with Crippen LogP contribution in [0, 0.1) is 11.7 Å². The van der Waals surface area contributed by atoms with Crippen molar-refractivity contribution in [2.75, 3.05) is 19.6 Å². The smallest absolute Gasteiger partial charge is 0.348 e. The van der Waals surface area contributed by atoms with E-state index < -0.39 is 52.1 Å². The molecule has 0 spiro atoms. The third-order valence-electron chi connectivity index (χ3n) is 6.02. The summed E-state index contributed by atoms with van der Waals surface area (Å²) < 4.78 is 79.6. The molecule has 2 aromatic rings. The number of hydrogen-bond donors (Lipinski definition) is 2. The van der Waals surface area contributed by atoms with Crippen molar-refractivity contribution in [2.24, 2.45) is 5.92 Å². The molecule has 35 heavy (non-hydrogen) atoms. The molecule has 0 aliphatic carbocycles. The zero-order valence-corrected chi connectivity index (χ0v) is 20.3. The van der Waals surface area contributed by atoms with Gasteiger partial charge in [-0.25, -0.2) is 12.8 Å². The topological polar surface area (TPSA) is 78.5 Å². The number of hydrogen-bond acceptors (Lipinski definition) is 4. The summed E-state index contributed by atoms with van der Waals surface area (Å²) >= 11 is 0. The van der Waals surface area contributed by atoms with Crippen molar-refractivity contribution in [1.29, 1.82) is 0 Å². The monoisotopic (exact) mass is 515 g/mol. The standard InChI is InChI=1S/C24H29F4N3O3S/c1-16(2)31(35(33,34)21-11-9-20(25)10-12-21)15-22(32)30-23(18-4-3-13-29-14-18)17-5-7-19(8-6-17)24(26,27)28/h5-12,16,18,23,29H,3-4,13-15H2,1-2H3,(H,30,32)/t18?,23-/m1/s1. The van der Waals surface area contributed by atoms with E-state index in [0.717, 1.165) is 60.1 Å².